The van der Waals surface area contributed by atoms with E-state index >= 15 is 0 Å². The Morgan fingerprint density at radius 2 is 1.86 bits per heavy atom. The Kier molecular flexibility index (Phi) is 6.17. The normalized spacial score (nSPS) is 27.0. The molecule has 3 unspecified atom stereocenters. The summed E-state index contributed by atoms with van der Waals surface area (Å²) in [5.74, 6) is 0.373. The molecule has 3 atom stereocenters. The minimum atomic E-state index is -0.608. The topological polar surface area (TPSA) is 91.8 Å². The first kappa shape index (κ1) is 23.4. The lowest BCUT2D eigenvalue weighted by Crippen LogP contribution is -2.57. The molecule has 1 N–H and O–H groups in total. The van der Waals surface area contributed by atoms with E-state index < -0.39 is 11.9 Å². The van der Waals surface area contributed by atoms with Crippen LogP contribution in [-0.2, 0) is 16.1 Å². The molecule has 3 amide bonds. The van der Waals surface area contributed by atoms with Gasteiger partial charge in [0.15, 0.2) is 0 Å². The molecule has 3 fully saturated rings. The van der Waals surface area contributed by atoms with Gasteiger partial charge in [-0.15, -0.1) is 0 Å². The number of aromatic nitrogens is 1. The number of hydrogen-bond donors (Lipinski definition) is 1. The van der Waals surface area contributed by atoms with Crippen LogP contribution in [-0.4, -0.2) is 63.8 Å². The molecule has 1 aromatic heterocycles. The van der Waals surface area contributed by atoms with Crippen molar-refractivity contribution in [1.82, 2.24) is 20.1 Å². The van der Waals surface area contributed by atoms with Gasteiger partial charge in [-0.05, 0) is 61.1 Å². The predicted molar refractivity (Wildman–Crippen MR) is 133 cm³/mol. The van der Waals surface area contributed by atoms with Gasteiger partial charge < -0.3 is 9.64 Å². The standard InChI is InChI=1S/C27H29ClN4O4/c28-19-9-16(11-29-12-19)18-13-31(14-18)22-3-1-2-4-24(22)36-20-5-6-21-17(10-20)15-32(27(21)35)23-7-8-25(33)30-26(23)34/h5-6,9-12,18,22-24H,1-4,7-8,13-15H2,(H,30,33,34). The highest BCUT2D eigenvalue weighted by atomic mass is 35.5. The van der Waals surface area contributed by atoms with Gasteiger partial charge in [0.05, 0.1) is 5.02 Å². The number of pyridine rings is 1. The predicted octanol–water partition coefficient (Wildman–Crippen LogP) is 3.29. The van der Waals surface area contributed by atoms with Gasteiger partial charge in [0.1, 0.15) is 17.9 Å². The first-order valence-corrected chi connectivity index (χ1v) is 13.1. The van der Waals surface area contributed by atoms with E-state index in [1.807, 2.05) is 30.5 Å². The molecule has 6 rings (SSSR count). The van der Waals surface area contributed by atoms with E-state index in [1.165, 1.54) is 12.0 Å². The van der Waals surface area contributed by atoms with Gasteiger partial charge in [0, 0.05) is 56.0 Å². The summed E-state index contributed by atoms with van der Waals surface area (Å²) in [7, 11) is 0. The Labute approximate surface area is 214 Å². The van der Waals surface area contributed by atoms with Crippen molar-refractivity contribution in [2.75, 3.05) is 13.1 Å². The first-order chi connectivity index (χ1) is 17.5. The zero-order chi connectivity index (χ0) is 24.8. The van der Waals surface area contributed by atoms with Crippen LogP contribution in [0.4, 0.5) is 0 Å². The molecule has 8 nitrogen and oxygen atoms in total. The Bertz CT molecular complexity index is 1210. The second-order valence-corrected chi connectivity index (χ2v) is 10.8. The van der Waals surface area contributed by atoms with Crippen molar-refractivity contribution < 1.29 is 19.1 Å². The average molecular weight is 509 g/mol. The maximum Gasteiger partial charge on any atom is 0.255 e. The van der Waals surface area contributed by atoms with Crippen LogP contribution >= 0.6 is 11.6 Å². The number of hydrogen-bond acceptors (Lipinski definition) is 6. The van der Waals surface area contributed by atoms with Gasteiger partial charge in [-0.25, -0.2) is 0 Å². The number of likely N-dealkylation sites (tertiary alicyclic amines) is 1. The molecular formula is C27H29ClN4O4. The Balaban J connectivity index is 1.12. The lowest BCUT2D eigenvalue weighted by molar-refractivity contribution is -0.136. The fourth-order valence-electron chi connectivity index (χ4n) is 6.08. The molecule has 3 aliphatic heterocycles. The van der Waals surface area contributed by atoms with Crippen LogP contribution in [0.25, 0.3) is 0 Å². The Hall–Kier alpha value is -2.97. The summed E-state index contributed by atoms with van der Waals surface area (Å²) >= 11 is 6.13. The molecule has 0 spiro atoms. The number of rotatable bonds is 5. The SMILES string of the molecule is O=C1CCC(N2Cc3cc(OC4CCCCC4N4CC(c5cncc(Cl)c5)C4)ccc3C2=O)C(=O)N1. The molecule has 1 aromatic carbocycles. The minimum absolute atomic E-state index is 0.0959. The van der Waals surface area contributed by atoms with Gasteiger partial charge in [0.2, 0.25) is 11.8 Å². The van der Waals surface area contributed by atoms with E-state index in [0.29, 0.717) is 35.5 Å². The van der Waals surface area contributed by atoms with Gasteiger partial charge >= 0.3 is 0 Å². The van der Waals surface area contributed by atoms with Gasteiger partial charge in [-0.3, -0.25) is 29.6 Å². The van der Waals surface area contributed by atoms with Gasteiger partial charge in [-0.2, -0.15) is 0 Å². The molecular weight excluding hydrogens is 480 g/mol. The second-order valence-electron chi connectivity index (χ2n) is 10.3. The van der Waals surface area contributed by atoms with E-state index in [4.69, 9.17) is 16.3 Å². The van der Waals surface area contributed by atoms with E-state index in [9.17, 15) is 14.4 Å². The molecule has 188 valence electrons. The van der Waals surface area contributed by atoms with Crippen LogP contribution in [0.5, 0.6) is 5.75 Å². The molecule has 0 radical (unpaired) electrons. The van der Waals surface area contributed by atoms with Crippen LogP contribution in [0.3, 0.4) is 0 Å². The summed E-state index contributed by atoms with van der Waals surface area (Å²) in [5.41, 5.74) is 2.66. The molecule has 0 bridgehead atoms. The monoisotopic (exact) mass is 508 g/mol. The third-order valence-corrected chi connectivity index (χ3v) is 8.23. The number of halogens is 1. The maximum atomic E-state index is 13.0. The van der Waals surface area contributed by atoms with Crippen molar-refractivity contribution in [3.8, 4) is 5.75 Å². The fraction of sp³-hybridized carbons (Fsp3) is 0.481. The average Bonchev–Trinajstić information content (AvgIpc) is 3.15. The quantitative estimate of drug-likeness (QED) is 0.623. The molecule has 36 heavy (non-hydrogen) atoms. The number of amides is 3. The lowest BCUT2D eigenvalue weighted by Gasteiger charge is -2.48. The number of carbonyl (C=O) groups is 3. The summed E-state index contributed by atoms with van der Waals surface area (Å²) in [6.07, 6.45) is 8.74. The molecule has 9 heteroatoms. The van der Waals surface area contributed by atoms with Crippen LogP contribution < -0.4 is 10.1 Å². The number of ether oxygens (including phenoxy) is 1. The summed E-state index contributed by atoms with van der Waals surface area (Å²) in [6, 6.07) is 7.38. The fourth-order valence-corrected chi connectivity index (χ4v) is 6.26. The largest absolute Gasteiger partial charge is 0.489 e. The first-order valence-electron chi connectivity index (χ1n) is 12.7. The lowest BCUT2D eigenvalue weighted by atomic mass is 9.85. The highest BCUT2D eigenvalue weighted by molar-refractivity contribution is 6.30. The van der Waals surface area contributed by atoms with E-state index in [0.717, 1.165) is 43.7 Å². The van der Waals surface area contributed by atoms with Crippen LogP contribution in [0.15, 0.2) is 36.7 Å². The number of imide groups is 1. The summed E-state index contributed by atoms with van der Waals surface area (Å²) in [5, 5.41) is 3.03. The molecule has 2 aromatic rings. The van der Waals surface area contributed by atoms with Crippen LogP contribution in [0.2, 0.25) is 5.02 Å². The van der Waals surface area contributed by atoms with E-state index in [-0.39, 0.29) is 24.3 Å². The number of benzene rings is 1. The molecule has 2 saturated heterocycles. The van der Waals surface area contributed by atoms with E-state index in [1.54, 1.807) is 11.1 Å². The highest BCUT2D eigenvalue weighted by Crippen LogP contribution is 2.37. The molecule has 1 aliphatic carbocycles. The number of nitrogens with zero attached hydrogens (tertiary/aromatic N) is 3. The Morgan fingerprint density at radius 1 is 1.03 bits per heavy atom. The van der Waals surface area contributed by atoms with Crippen molar-refractivity contribution in [2.24, 2.45) is 0 Å². The number of carbonyl (C=O) groups excluding carboxylic acids is 3. The van der Waals surface area contributed by atoms with Gasteiger partial charge in [-0.1, -0.05) is 18.0 Å². The van der Waals surface area contributed by atoms with Crippen molar-refractivity contribution in [3.05, 3.63) is 58.4 Å². The van der Waals surface area contributed by atoms with Crippen LogP contribution in [0, 0.1) is 0 Å². The molecule has 1 saturated carbocycles. The summed E-state index contributed by atoms with van der Waals surface area (Å²) in [6.45, 7) is 2.31. The zero-order valence-electron chi connectivity index (χ0n) is 20.0. The van der Waals surface area contributed by atoms with Crippen molar-refractivity contribution in [3.63, 3.8) is 0 Å². The highest BCUT2D eigenvalue weighted by Gasteiger charge is 2.41. The summed E-state index contributed by atoms with van der Waals surface area (Å²) in [4.78, 5) is 45.1. The zero-order valence-corrected chi connectivity index (χ0v) is 20.7. The second kappa shape index (κ2) is 9.48. The van der Waals surface area contributed by atoms with Crippen LogP contribution in [0.1, 0.15) is 65.9 Å². The third kappa shape index (κ3) is 4.37. The van der Waals surface area contributed by atoms with Crippen molar-refractivity contribution >= 4 is 29.3 Å². The maximum absolute atomic E-state index is 13.0. The van der Waals surface area contributed by atoms with E-state index in [2.05, 4.69) is 15.2 Å². The number of piperidine rings is 1. The minimum Gasteiger partial charge on any atom is -0.489 e. The van der Waals surface area contributed by atoms with Crippen molar-refractivity contribution in [1.29, 1.82) is 0 Å². The van der Waals surface area contributed by atoms with Gasteiger partial charge in [0.25, 0.3) is 5.91 Å². The smallest absolute Gasteiger partial charge is 0.255 e. The third-order valence-electron chi connectivity index (χ3n) is 8.03. The number of fused-ring (bicyclic) bond motifs is 1. The molecule has 4 aliphatic rings. The Morgan fingerprint density at radius 3 is 2.67 bits per heavy atom. The summed E-state index contributed by atoms with van der Waals surface area (Å²) < 4.78 is 6.53. The number of nitrogens with one attached hydrogen (secondary N) is 1. The van der Waals surface area contributed by atoms with Crippen molar-refractivity contribution in [2.45, 2.75) is 69.2 Å². The molecule has 4 heterocycles.